The van der Waals surface area contributed by atoms with E-state index in [1.807, 2.05) is 30.0 Å². The van der Waals surface area contributed by atoms with Gasteiger partial charge in [0.15, 0.2) is 0 Å². The number of rotatable bonds is 6. The lowest BCUT2D eigenvalue weighted by Crippen LogP contribution is -2.27. The van der Waals surface area contributed by atoms with Crippen molar-refractivity contribution in [3.05, 3.63) is 40.7 Å². The van der Waals surface area contributed by atoms with E-state index in [0.717, 1.165) is 23.0 Å². The first-order valence-electron chi connectivity index (χ1n) is 6.01. The number of thiazole rings is 1. The van der Waals surface area contributed by atoms with Crippen LogP contribution < -0.4 is 5.32 Å². The summed E-state index contributed by atoms with van der Waals surface area (Å²) in [5.41, 5.74) is 2.27. The Bertz CT molecular complexity index is 468. The van der Waals surface area contributed by atoms with Crippen LogP contribution in [0.3, 0.4) is 0 Å². The molecule has 0 fully saturated rings. The second-order valence-electron chi connectivity index (χ2n) is 4.23. The highest BCUT2D eigenvalue weighted by molar-refractivity contribution is 7.98. The van der Waals surface area contributed by atoms with Gasteiger partial charge in [-0.15, -0.1) is 11.3 Å². The van der Waals surface area contributed by atoms with Crippen molar-refractivity contribution in [2.45, 2.75) is 19.5 Å². The van der Waals surface area contributed by atoms with Crippen LogP contribution in [0.25, 0.3) is 11.3 Å². The van der Waals surface area contributed by atoms with Crippen LogP contribution in [0.2, 0.25) is 0 Å². The Balaban J connectivity index is 1.95. The van der Waals surface area contributed by atoms with Crippen LogP contribution in [-0.2, 0) is 6.54 Å². The van der Waals surface area contributed by atoms with Gasteiger partial charge in [0.2, 0.25) is 0 Å². The molecular formula is C14H18N2S2. The van der Waals surface area contributed by atoms with Crippen LogP contribution in [0.4, 0.5) is 0 Å². The summed E-state index contributed by atoms with van der Waals surface area (Å²) < 4.78 is 0. The summed E-state index contributed by atoms with van der Waals surface area (Å²) in [5, 5.41) is 6.78. The minimum atomic E-state index is 0.532. The molecule has 0 aliphatic carbocycles. The van der Waals surface area contributed by atoms with Gasteiger partial charge in [0, 0.05) is 29.3 Å². The summed E-state index contributed by atoms with van der Waals surface area (Å²) in [5.74, 6) is 1.14. The van der Waals surface area contributed by atoms with E-state index in [9.17, 15) is 0 Å². The zero-order chi connectivity index (χ0) is 12.8. The Morgan fingerprint density at radius 3 is 2.83 bits per heavy atom. The van der Waals surface area contributed by atoms with Crippen molar-refractivity contribution in [2.24, 2.45) is 0 Å². The molecule has 1 aromatic carbocycles. The van der Waals surface area contributed by atoms with E-state index in [2.05, 4.69) is 41.0 Å². The molecular weight excluding hydrogens is 260 g/mol. The highest BCUT2D eigenvalue weighted by atomic mass is 32.2. The molecule has 0 saturated carbocycles. The molecule has 0 spiro atoms. The van der Waals surface area contributed by atoms with Crippen LogP contribution in [0.5, 0.6) is 0 Å². The highest BCUT2D eigenvalue weighted by Gasteiger charge is 2.05. The van der Waals surface area contributed by atoms with E-state index < -0.39 is 0 Å². The molecule has 1 heterocycles. The zero-order valence-electron chi connectivity index (χ0n) is 10.7. The number of nitrogens with zero attached hydrogens (tertiary/aromatic N) is 1. The summed E-state index contributed by atoms with van der Waals surface area (Å²) in [6.07, 6.45) is 2.13. The van der Waals surface area contributed by atoms with Crippen molar-refractivity contribution in [1.82, 2.24) is 10.3 Å². The van der Waals surface area contributed by atoms with Crippen LogP contribution in [0, 0.1) is 0 Å². The molecule has 0 bridgehead atoms. The van der Waals surface area contributed by atoms with Crippen molar-refractivity contribution in [2.75, 3.05) is 12.0 Å². The Labute approximate surface area is 117 Å². The molecule has 2 nitrogen and oxygen atoms in total. The molecule has 1 aromatic heterocycles. The van der Waals surface area contributed by atoms with Crippen molar-refractivity contribution in [3.8, 4) is 11.3 Å². The largest absolute Gasteiger partial charge is 0.307 e. The monoisotopic (exact) mass is 278 g/mol. The molecule has 18 heavy (non-hydrogen) atoms. The lowest BCUT2D eigenvalue weighted by Gasteiger charge is -2.10. The average molecular weight is 278 g/mol. The zero-order valence-corrected chi connectivity index (χ0v) is 12.4. The third-order valence-electron chi connectivity index (χ3n) is 2.64. The molecule has 0 aliphatic heterocycles. The fourth-order valence-electron chi connectivity index (χ4n) is 1.70. The third kappa shape index (κ3) is 3.83. The minimum absolute atomic E-state index is 0.532. The van der Waals surface area contributed by atoms with Gasteiger partial charge in [-0.2, -0.15) is 11.8 Å². The van der Waals surface area contributed by atoms with Gasteiger partial charge in [0.05, 0.1) is 5.69 Å². The molecule has 2 rings (SSSR count). The lowest BCUT2D eigenvalue weighted by atomic mass is 10.2. The van der Waals surface area contributed by atoms with Gasteiger partial charge in [0.25, 0.3) is 0 Å². The number of benzene rings is 1. The van der Waals surface area contributed by atoms with Crippen molar-refractivity contribution < 1.29 is 0 Å². The Morgan fingerprint density at radius 2 is 2.11 bits per heavy atom. The number of hydrogen-bond acceptors (Lipinski definition) is 4. The second-order valence-corrected chi connectivity index (χ2v) is 6.08. The van der Waals surface area contributed by atoms with E-state index >= 15 is 0 Å². The standard InChI is InChI=1S/C14H18N2S2/c1-11(9-17-2)15-8-14-16-13(10-18-14)12-6-4-3-5-7-12/h3-7,10-11,15H,8-9H2,1-2H3. The van der Waals surface area contributed by atoms with Gasteiger partial charge in [-0.1, -0.05) is 30.3 Å². The Kier molecular flexibility index (Phi) is 5.23. The third-order valence-corrected chi connectivity index (χ3v) is 4.32. The first-order valence-corrected chi connectivity index (χ1v) is 8.29. The quantitative estimate of drug-likeness (QED) is 0.873. The maximum Gasteiger partial charge on any atom is 0.107 e. The fourth-order valence-corrected chi connectivity index (χ4v) is 3.08. The minimum Gasteiger partial charge on any atom is -0.307 e. The van der Waals surface area contributed by atoms with Gasteiger partial charge < -0.3 is 5.32 Å². The summed E-state index contributed by atoms with van der Waals surface area (Å²) in [6.45, 7) is 3.07. The maximum atomic E-state index is 4.66. The topological polar surface area (TPSA) is 24.9 Å². The smallest absolute Gasteiger partial charge is 0.107 e. The first-order chi connectivity index (χ1) is 8.79. The van der Waals surface area contributed by atoms with E-state index in [4.69, 9.17) is 0 Å². The Hall–Kier alpha value is -0.840. The van der Waals surface area contributed by atoms with Gasteiger partial charge in [-0.3, -0.25) is 0 Å². The molecule has 2 aromatic rings. The SMILES string of the molecule is CSCC(C)NCc1nc(-c2ccccc2)cs1. The van der Waals surface area contributed by atoms with Crippen LogP contribution in [0.15, 0.2) is 35.7 Å². The normalized spacial score (nSPS) is 12.6. The number of hydrogen-bond donors (Lipinski definition) is 1. The van der Waals surface area contributed by atoms with Crippen LogP contribution >= 0.6 is 23.1 Å². The summed E-state index contributed by atoms with van der Waals surface area (Å²) >= 11 is 3.59. The van der Waals surface area contributed by atoms with E-state index in [1.165, 1.54) is 5.56 Å². The molecule has 1 unspecified atom stereocenters. The second kappa shape index (κ2) is 6.92. The molecule has 1 N–H and O–H groups in total. The maximum absolute atomic E-state index is 4.66. The highest BCUT2D eigenvalue weighted by Crippen LogP contribution is 2.21. The van der Waals surface area contributed by atoms with Crippen molar-refractivity contribution >= 4 is 23.1 Å². The molecule has 0 saturated heterocycles. The molecule has 96 valence electrons. The predicted octanol–water partition coefficient (Wildman–Crippen LogP) is 3.65. The molecule has 1 atom stereocenters. The van der Waals surface area contributed by atoms with Gasteiger partial charge in [-0.05, 0) is 13.2 Å². The summed E-state index contributed by atoms with van der Waals surface area (Å²) in [6, 6.07) is 10.9. The average Bonchev–Trinajstić information content (AvgIpc) is 2.87. The van der Waals surface area contributed by atoms with E-state index in [1.54, 1.807) is 11.3 Å². The van der Waals surface area contributed by atoms with Crippen LogP contribution in [-0.4, -0.2) is 23.0 Å². The molecule has 0 amide bonds. The molecule has 0 radical (unpaired) electrons. The predicted molar refractivity (Wildman–Crippen MR) is 82.2 cm³/mol. The number of nitrogens with one attached hydrogen (secondary N) is 1. The van der Waals surface area contributed by atoms with Crippen molar-refractivity contribution in [3.63, 3.8) is 0 Å². The molecule has 0 aliphatic rings. The summed E-state index contributed by atoms with van der Waals surface area (Å²) in [4.78, 5) is 4.66. The fraction of sp³-hybridized carbons (Fsp3) is 0.357. The van der Waals surface area contributed by atoms with Crippen LogP contribution in [0.1, 0.15) is 11.9 Å². The summed E-state index contributed by atoms with van der Waals surface area (Å²) in [7, 11) is 0. The van der Waals surface area contributed by atoms with Gasteiger partial charge in [-0.25, -0.2) is 4.98 Å². The van der Waals surface area contributed by atoms with E-state index in [-0.39, 0.29) is 0 Å². The van der Waals surface area contributed by atoms with Gasteiger partial charge in [0.1, 0.15) is 5.01 Å². The lowest BCUT2D eigenvalue weighted by molar-refractivity contribution is 0.594. The first kappa shape index (κ1) is 13.6. The molecule has 4 heteroatoms. The Morgan fingerprint density at radius 1 is 1.33 bits per heavy atom. The van der Waals surface area contributed by atoms with E-state index in [0.29, 0.717) is 6.04 Å². The number of thioether (sulfide) groups is 1. The van der Waals surface area contributed by atoms with Gasteiger partial charge >= 0.3 is 0 Å². The number of aromatic nitrogens is 1. The van der Waals surface area contributed by atoms with Crippen molar-refractivity contribution in [1.29, 1.82) is 0 Å².